The van der Waals surface area contributed by atoms with Gasteiger partial charge in [0, 0.05) is 0 Å². The summed E-state index contributed by atoms with van der Waals surface area (Å²) in [4.78, 5) is 17.5. The number of nitrogens with one attached hydrogen (secondary N) is 1. The fourth-order valence-corrected chi connectivity index (χ4v) is 4.49. The number of hydrogen-bond donors (Lipinski definition) is 1. The number of amides is 1. The standard InChI is InChI=1S/C28H22N2O3S/c1-32-23-15-11-22(12-16-23)29-28-30-27(31)26(34-28)17-19-9-13-24(14-10-19)33-18-21-7-4-6-20-5-2-3-8-25(20)21/h2-17H,18H2,1H3,(H,29,30,31)/b26-17-. The van der Waals surface area contributed by atoms with E-state index in [1.165, 1.54) is 22.5 Å². The second-order valence-corrected chi connectivity index (χ2v) is 8.71. The van der Waals surface area contributed by atoms with Gasteiger partial charge in [0.15, 0.2) is 5.17 Å². The van der Waals surface area contributed by atoms with Crippen LogP contribution < -0.4 is 14.8 Å². The van der Waals surface area contributed by atoms with E-state index in [9.17, 15) is 4.79 Å². The number of fused-ring (bicyclic) bond motifs is 1. The molecule has 1 aliphatic rings. The molecule has 1 aliphatic heterocycles. The van der Waals surface area contributed by atoms with E-state index in [0.717, 1.165) is 28.3 Å². The van der Waals surface area contributed by atoms with Gasteiger partial charge in [-0.25, -0.2) is 4.99 Å². The van der Waals surface area contributed by atoms with Gasteiger partial charge in [0.25, 0.3) is 5.91 Å². The topological polar surface area (TPSA) is 59.9 Å². The Labute approximate surface area is 202 Å². The summed E-state index contributed by atoms with van der Waals surface area (Å²) in [6.07, 6.45) is 1.85. The van der Waals surface area contributed by atoms with Crippen LogP contribution in [0, 0.1) is 0 Å². The summed E-state index contributed by atoms with van der Waals surface area (Å²) in [5.74, 6) is 1.38. The summed E-state index contributed by atoms with van der Waals surface area (Å²) >= 11 is 1.32. The number of methoxy groups -OCH3 is 1. The lowest BCUT2D eigenvalue weighted by atomic mass is 10.1. The molecule has 0 unspecified atom stereocenters. The Morgan fingerprint density at radius 2 is 1.62 bits per heavy atom. The first-order chi connectivity index (χ1) is 16.7. The van der Waals surface area contributed by atoms with Crippen LogP contribution in [0.4, 0.5) is 5.69 Å². The lowest BCUT2D eigenvalue weighted by molar-refractivity contribution is -0.115. The lowest BCUT2D eigenvalue weighted by Crippen LogP contribution is -2.19. The first-order valence-corrected chi connectivity index (χ1v) is 11.6. The van der Waals surface area contributed by atoms with E-state index in [1.807, 2.05) is 72.8 Å². The number of rotatable bonds is 6. The third kappa shape index (κ3) is 4.97. The third-order valence-corrected chi connectivity index (χ3v) is 6.32. The van der Waals surface area contributed by atoms with Gasteiger partial charge in [-0.2, -0.15) is 0 Å². The summed E-state index contributed by atoms with van der Waals surface area (Å²) in [5, 5.41) is 5.77. The van der Waals surface area contributed by atoms with Crippen molar-refractivity contribution in [2.24, 2.45) is 4.99 Å². The van der Waals surface area contributed by atoms with Gasteiger partial charge in [-0.05, 0) is 76.1 Å². The van der Waals surface area contributed by atoms with Crippen LogP contribution in [0.3, 0.4) is 0 Å². The van der Waals surface area contributed by atoms with Crippen molar-refractivity contribution in [3.05, 3.63) is 107 Å². The molecule has 0 saturated carbocycles. The molecule has 6 heteroatoms. The molecule has 0 radical (unpaired) electrons. The van der Waals surface area contributed by atoms with Crippen LogP contribution in [0.1, 0.15) is 11.1 Å². The highest BCUT2D eigenvalue weighted by molar-refractivity contribution is 8.18. The zero-order valence-corrected chi connectivity index (χ0v) is 19.3. The van der Waals surface area contributed by atoms with E-state index in [2.05, 4.69) is 34.6 Å². The monoisotopic (exact) mass is 466 g/mol. The van der Waals surface area contributed by atoms with Gasteiger partial charge in [-0.1, -0.05) is 54.6 Å². The Hall–Kier alpha value is -4.03. The van der Waals surface area contributed by atoms with Crippen LogP contribution in [0.5, 0.6) is 11.5 Å². The molecule has 0 bridgehead atoms. The fourth-order valence-electron chi connectivity index (χ4n) is 3.65. The second kappa shape index (κ2) is 9.85. The van der Waals surface area contributed by atoms with Gasteiger partial charge in [0.2, 0.25) is 0 Å². The van der Waals surface area contributed by atoms with Crippen molar-refractivity contribution in [1.29, 1.82) is 0 Å². The predicted molar refractivity (Wildman–Crippen MR) is 139 cm³/mol. The van der Waals surface area contributed by atoms with Crippen molar-refractivity contribution in [2.45, 2.75) is 6.61 Å². The Bertz CT molecular complexity index is 1390. The average molecular weight is 467 g/mol. The van der Waals surface area contributed by atoms with E-state index in [1.54, 1.807) is 7.11 Å². The van der Waals surface area contributed by atoms with E-state index >= 15 is 0 Å². The SMILES string of the molecule is COc1ccc(N=C2NC(=O)/C(=C/c3ccc(OCc4cccc5ccccc45)cc3)S2)cc1. The van der Waals surface area contributed by atoms with E-state index in [-0.39, 0.29) is 5.91 Å². The molecule has 0 spiro atoms. The van der Waals surface area contributed by atoms with Crippen molar-refractivity contribution in [3.63, 3.8) is 0 Å². The molecular weight excluding hydrogens is 444 g/mol. The molecular formula is C28H22N2O3S. The Morgan fingerprint density at radius 3 is 2.41 bits per heavy atom. The molecule has 4 aromatic carbocycles. The quantitative estimate of drug-likeness (QED) is 0.338. The fraction of sp³-hybridized carbons (Fsp3) is 0.0714. The van der Waals surface area contributed by atoms with Gasteiger partial charge in [0.05, 0.1) is 17.7 Å². The van der Waals surface area contributed by atoms with Crippen molar-refractivity contribution >= 4 is 45.4 Å². The maximum atomic E-state index is 12.4. The molecule has 5 nitrogen and oxygen atoms in total. The summed E-state index contributed by atoms with van der Waals surface area (Å²) in [6, 6.07) is 29.6. The van der Waals surface area contributed by atoms with Gasteiger partial charge < -0.3 is 14.8 Å². The predicted octanol–water partition coefficient (Wildman–Crippen LogP) is 6.32. The first kappa shape index (κ1) is 21.8. The van der Waals surface area contributed by atoms with Crippen LogP contribution >= 0.6 is 11.8 Å². The molecule has 0 aromatic heterocycles. The van der Waals surface area contributed by atoms with Gasteiger partial charge in [-0.15, -0.1) is 0 Å². The van der Waals surface area contributed by atoms with Crippen molar-refractivity contribution in [3.8, 4) is 11.5 Å². The first-order valence-electron chi connectivity index (χ1n) is 10.8. The number of amidine groups is 1. The molecule has 168 valence electrons. The minimum Gasteiger partial charge on any atom is -0.497 e. The lowest BCUT2D eigenvalue weighted by Gasteiger charge is -2.09. The molecule has 5 rings (SSSR count). The van der Waals surface area contributed by atoms with Crippen LogP contribution in [0.2, 0.25) is 0 Å². The summed E-state index contributed by atoms with van der Waals surface area (Å²) in [6.45, 7) is 0.491. The molecule has 4 aromatic rings. The van der Waals surface area contributed by atoms with E-state index in [0.29, 0.717) is 16.7 Å². The average Bonchev–Trinajstić information content (AvgIpc) is 3.22. The van der Waals surface area contributed by atoms with Crippen molar-refractivity contribution < 1.29 is 14.3 Å². The summed E-state index contributed by atoms with van der Waals surface area (Å²) in [7, 11) is 1.62. The van der Waals surface area contributed by atoms with Crippen LogP contribution in [-0.4, -0.2) is 18.2 Å². The highest BCUT2D eigenvalue weighted by atomic mass is 32.2. The number of nitrogens with zero attached hydrogens (tertiary/aromatic N) is 1. The second-order valence-electron chi connectivity index (χ2n) is 7.68. The third-order valence-electron chi connectivity index (χ3n) is 5.41. The number of benzene rings is 4. The minimum absolute atomic E-state index is 0.159. The Morgan fingerprint density at radius 1 is 0.882 bits per heavy atom. The zero-order chi connectivity index (χ0) is 23.3. The largest absolute Gasteiger partial charge is 0.497 e. The molecule has 0 atom stereocenters. The van der Waals surface area contributed by atoms with Crippen LogP contribution in [0.15, 0.2) is 101 Å². The highest BCUT2D eigenvalue weighted by Crippen LogP contribution is 2.29. The Balaban J connectivity index is 1.24. The number of ether oxygens (including phenoxy) is 2. The zero-order valence-electron chi connectivity index (χ0n) is 18.5. The maximum Gasteiger partial charge on any atom is 0.264 e. The number of thioether (sulfide) groups is 1. The van der Waals surface area contributed by atoms with Crippen LogP contribution in [0.25, 0.3) is 16.8 Å². The molecule has 1 amide bonds. The molecule has 1 saturated heterocycles. The summed E-state index contributed by atoms with van der Waals surface area (Å²) in [5.41, 5.74) is 2.81. The Kier molecular flexibility index (Phi) is 6.31. The molecule has 34 heavy (non-hydrogen) atoms. The van der Waals surface area contributed by atoms with Gasteiger partial charge in [0.1, 0.15) is 18.1 Å². The molecule has 1 fully saturated rings. The smallest absolute Gasteiger partial charge is 0.264 e. The normalized spacial score (nSPS) is 15.6. The molecule has 1 N–H and O–H groups in total. The van der Waals surface area contributed by atoms with E-state index in [4.69, 9.17) is 9.47 Å². The number of carbonyl (C=O) groups is 1. The molecule has 1 heterocycles. The van der Waals surface area contributed by atoms with Gasteiger partial charge in [-0.3, -0.25) is 4.79 Å². The van der Waals surface area contributed by atoms with Gasteiger partial charge >= 0.3 is 0 Å². The van der Waals surface area contributed by atoms with Crippen LogP contribution in [-0.2, 0) is 11.4 Å². The minimum atomic E-state index is -0.159. The number of aliphatic imine (C=N–C) groups is 1. The van der Waals surface area contributed by atoms with E-state index < -0.39 is 0 Å². The highest BCUT2D eigenvalue weighted by Gasteiger charge is 2.23. The van der Waals surface area contributed by atoms with Crippen molar-refractivity contribution in [2.75, 3.05) is 7.11 Å². The van der Waals surface area contributed by atoms with Crippen molar-refractivity contribution in [1.82, 2.24) is 5.32 Å². The maximum absolute atomic E-state index is 12.4. The number of hydrogen-bond acceptors (Lipinski definition) is 5. The number of carbonyl (C=O) groups excluding carboxylic acids is 1. The summed E-state index contributed by atoms with van der Waals surface area (Å²) < 4.78 is 11.2. The molecule has 0 aliphatic carbocycles.